The smallest absolute Gasteiger partial charge is 0.216 e. The number of hydrogen-bond acceptors (Lipinski definition) is 4. The summed E-state index contributed by atoms with van der Waals surface area (Å²) in [7, 11) is 0.380. The van der Waals surface area contributed by atoms with Crippen molar-refractivity contribution in [3.8, 4) is 0 Å². The van der Waals surface area contributed by atoms with Crippen LogP contribution in [-0.2, 0) is 10.0 Å². The first-order chi connectivity index (χ1) is 6.95. The van der Waals surface area contributed by atoms with E-state index in [4.69, 9.17) is 5.11 Å². The Kier molecular flexibility index (Phi) is 4.51. The fraction of sp³-hybridized carbons (Fsp3) is 1.00. The minimum Gasteiger partial charge on any atom is -0.395 e. The quantitative estimate of drug-likeness (QED) is 0.678. The summed E-state index contributed by atoms with van der Waals surface area (Å²) in [6.45, 7) is 2.25. The lowest BCUT2D eigenvalue weighted by molar-refractivity contribution is 0.312. The Balaban J connectivity index is 2.45. The first-order valence-electron chi connectivity index (χ1n) is 5.19. The highest BCUT2D eigenvalue weighted by atomic mass is 32.2. The summed E-state index contributed by atoms with van der Waals surface area (Å²) in [5.41, 5.74) is 0. The molecule has 0 aliphatic carbocycles. The number of likely N-dealkylation sites (tertiary alicyclic amines) is 1. The highest BCUT2D eigenvalue weighted by molar-refractivity contribution is 7.89. The summed E-state index contributed by atoms with van der Waals surface area (Å²) < 4.78 is 24.5. The van der Waals surface area contributed by atoms with Crippen LogP contribution in [0.1, 0.15) is 6.42 Å². The van der Waals surface area contributed by atoms with Crippen molar-refractivity contribution in [2.45, 2.75) is 6.42 Å². The molecule has 0 aromatic heterocycles. The first-order valence-corrected chi connectivity index (χ1v) is 6.80. The van der Waals surface area contributed by atoms with Crippen molar-refractivity contribution in [3.63, 3.8) is 0 Å². The maximum atomic E-state index is 11.6. The van der Waals surface area contributed by atoms with Gasteiger partial charge in [-0.3, -0.25) is 0 Å². The summed E-state index contributed by atoms with van der Waals surface area (Å²) in [6.07, 6.45) is 1.05. The van der Waals surface area contributed by atoms with E-state index in [2.05, 4.69) is 4.90 Å². The van der Waals surface area contributed by atoms with E-state index in [-0.39, 0.29) is 12.4 Å². The number of hydrogen-bond donors (Lipinski definition) is 1. The van der Waals surface area contributed by atoms with Gasteiger partial charge in [0.25, 0.3) is 0 Å². The fourth-order valence-corrected chi connectivity index (χ4v) is 2.90. The second-order valence-electron chi connectivity index (χ2n) is 4.24. The van der Waals surface area contributed by atoms with Crippen LogP contribution < -0.4 is 0 Å². The largest absolute Gasteiger partial charge is 0.395 e. The van der Waals surface area contributed by atoms with Gasteiger partial charge in [-0.15, -0.1) is 0 Å². The molecule has 1 aliphatic rings. The van der Waals surface area contributed by atoms with Crippen molar-refractivity contribution in [2.24, 2.45) is 5.92 Å². The molecule has 0 spiro atoms. The molecule has 0 amide bonds. The van der Waals surface area contributed by atoms with Crippen LogP contribution in [0, 0.1) is 5.92 Å². The third-order valence-corrected chi connectivity index (χ3v) is 4.63. The van der Waals surface area contributed by atoms with Crippen LogP contribution in [0.2, 0.25) is 0 Å². The molecule has 1 atom stereocenters. The van der Waals surface area contributed by atoms with E-state index in [1.165, 1.54) is 4.31 Å². The Labute approximate surface area is 91.7 Å². The predicted molar refractivity (Wildman–Crippen MR) is 59.1 cm³/mol. The Morgan fingerprint density at radius 2 is 2.20 bits per heavy atom. The number of aliphatic hydroxyl groups is 1. The molecule has 90 valence electrons. The van der Waals surface area contributed by atoms with E-state index in [0.29, 0.717) is 12.5 Å². The molecule has 0 bridgehead atoms. The Morgan fingerprint density at radius 1 is 1.53 bits per heavy atom. The van der Waals surface area contributed by atoms with Crippen LogP contribution in [0.4, 0.5) is 0 Å². The van der Waals surface area contributed by atoms with Crippen molar-refractivity contribution in [1.29, 1.82) is 0 Å². The highest BCUT2D eigenvalue weighted by Crippen LogP contribution is 2.16. The molecule has 0 aromatic rings. The van der Waals surface area contributed by atoms with Gasteiger partial charge in [-0.2, -0.15) is 0 Å². The zero-order chi connectivity index (χ0) is 11.5. The highest BCUT2D eigenvalue weighted by Gasteiger charge is 2.25. The lowest BCUT2D eigenvalue weighted by Crippen LogP contribution is -2.35. The van der Waals surface area contributed by atoms with Gasteiger partial charge in [0.1, 0.15) is 0 Å². The van der Waals surface area contributed by atoms with Gasteiger partial charge >= 0.3 is 0 Å². The minimum absolute atomic E-state index is 0.175. The maximum Gasteiger partial charge on any atom is 0.216 e. The fourth-order valence-electron chi connectivity index (χ4n) is 1.92. The maximum absolute atomic E-state index is 11.6. The van der Waals surface area contributed by atoms with Crippen molar-refractivity contribution in [2.75, 3.05) is 46.1 Å². The van der Waals surface area contributed by atoms with Crippen LogP contribution in [0.25, 0.3) is 0 Å². The molecule has 1 aliphatic heterocycles. The van der Waals surface area contributed by atoms with E-state index in [0.717, 1.165) is 19.5 Å². The monoisotopic (exact) mass is 236 g/mol. The summed E-state index contributed by atoms with van der Waals surface area (Å²) in [5, 5.41) is 8.64. The standard InChI is InChI=1S/C9H20N2O3S/c1-10-4-3-9(7-10)8-11(2)15(13,14)6-5-12/h9,12H,3-8H2,1-2H3. The van der Waals surface area contributed by atoms with Gasteiger partial charge < -0.3 is 10.0 Å². The SMILES string of the molecule is CN1CCC(CN(C)S(=O)(=O)CCO)C1. The van der Waals surface area contributed by atoms with Crippen LogP contribution in [0.3, 0.4) is 0 Å². The van der Waals surface area contributed by atoms with E-state index >= 15 is 0 Å². The number of aliphatic hydroxyl groups excluding tert-OH is 1. The van der Waals surface area contributed by atoms with Crippen molar-refractivity contribution in [3.05, 3.63) is 0 Å². The van der Waals surface area contributed by atoms with Crippen molar-refractivity contribution >= 4 is 10.0 Å². The summed E-state index contributed by atoms with van der Waals surface area (Å²) in [6, 6.07) is 0. The molecule has 6 heteroatoms. The zero-order valence-electron chi connectivity index (χ0n) is 9.39. The molecule has 1 unspecified atom stereocenters. The molecule has 5 nitrogen and oxygen atoms in total. The zero-order valence-corrected chi connectivity index (χ0v) is 10.2. The Hall–Kier alpha value is -0.170. The molecular weight excluding hydrogens is 216 g/mol. The van der Waals surface area contributed by atoms with Gasteiger partial charge in [0.05, 0.1) is 12.4 Å². The van der Waals surface area contributed by atoms with Crippen LogP contribution in [0.5, 0.6) is 0 Å². The molecule has 0 aromatic carbocycles. The lowest BCUT2D eigenvalue weighted by Gasteiger charge is -2.20. The Morgan fingerprint density at radius 3 is 2.67 bits per heavy atom. The molecule has 1 N–H and O–H groups in total. The average Bonchev–Trinajstić information content (AvgIpc) is 2.51. The normalized spacial score (nSPS) is 23.9. The third-order valence-electron chi connectivity index (χ3n) is 2.83. The molecular formula is C9H20N2O3S. The summed E-state index contributed by atoms with van der Waals surface area (Å²) in [5.74, 6) is 0.250. The van der Waals surface area contributed by atoms with Crippen LogP contribution in [-0.4, -0.2) is 68.8 Å². The van der Waals surface area contributed by atoms with E-state index in [1.807, 2.05) is 7.05 Å². The molecule has 0 saturated carbocycles. The van der Waals surface area contributed by atoms with E-state index in [9.17, 15) is 8.42 Å². The van der Waals surface area contributed by atoms with Crippen molar-refractivity contribution in [1.82, 2.24) is 9.21 Å². The second kappa shape index (κ2) is 5.25. The van der Waals surface area contributed by atoms with Gasteiger partial charge in [0.15, 0.2) is 0 Å². The van der Waals surface area contributed by atoms with Crippen molar-refractivity contribution < 1.29 is 13.5 Å². The summed E-state index contributed by atoms with van der Waals surface area (Å²) in [4.78, 5) is 2.21. The van der Waals surface area contributed by atoms with Gasteiger partial charge in [-0.1, -0.05) is 0 Å². The first kappa shape index (κ1) is 12.9. The number of sulfonamides is 1. The minimum atomic E-state index is -3.25. The van der Waals surface area contributed by atoms with E-state index < -0.39 is 10.0 Å². The molecule has 1 rings (SSSR count). The second-order valence-corrected chi connectivity index (χ2v) is 6.43. The molecule has 0 radical (unpaired) electrons. The molecule has 1 fully saturated rings. The topological polar surface area (TPSA) is 60.9 Å². The van der Waals surface area contributed by atoms with Crippen LogP contribution >= 0.6 is 0 Å². The molecule has 1 heterocycles. The number of rotatable bonds is 5. The van der Waals surface area contributed by atoms with E-state index in [1.54, 1.807) is 7.05 Å². The summed E-state index contributed by atoms with van der Waals surface area (Å²) >= 11 is 0. The predicted octanol–water partition coefficient (Wildman–Crippen LogP) is -0.808. The molecule has 1 saturated heterocycles. The molecule has 15 heavy (non-hydrogen) atoms. The number of nitrogens with zero attached hydrogens (tertiary/aromatic N) is 2. The van der Waals surface area contributed by atoms with Gasteiger partial charge in [0.2, 0.25) is 10.0 Å². The van der Waals surface area contributed by atoms with Crippen LogP contribution in [0.15, 0.2) is 0 Å². The third kappa shape index (κ3) is 3.71. The van der Waals surface area contributed by atoms with Gasteiger partial charge in [-0.05, 0) is 25.9 Å². The average molecular weight is 236 g/mol. The van der Waals surface area contributed by atoms with Gasteiger partial charge in [0, 0.05) is 20.1 Å². The lowest BCUT2D eigenvalue weighted by atomic mass is 10.1. The van der Waals surface area contributed by atoms with Gasteiger partial charge in [-0.25, -0.2) is 12.7 Å². The Bertz CT molecular complexity index is 292.